The van der Waals surface area contributed by atoms with Gasteiger partial charge in [-0.1, -0.05) is 29.8 Å². The molecule has 0 saturated heterocycles. The van der Waals surface area contributed by atoms with Crippen molar-refractivity contribution in [1.82, 2.24) is 0 Å². The highest BCUT2D eigenvalue weighted by Crippen LogP contribution is 2.30. The van der Waals surface area contributed by atoms with Crippen LogP contribution in [0.25, 0.3) is 0 Å². The first kappa shape index (κ1) is 11.7. The Labute approximate surface area is 99.6 Å². The maximum absolute atomic E-state index is 11.0. The van der Waals surface area contributed by atoms with Gasteiger partial charge in [-0.25, -0.2) is 4.79 Å². The summed E-state index contributed by atoms with van der Waals surface area (Å²) in [5.41, 5.74) is 1.18. The first-order valence-corrected chi connectivity index (χ1v) is 5.74. The molecule has 4 heteroatoms. The zero-order valence-electron chi connectivity index (χ0n) is 7.84. The van der Waals surface area contributed by atoms with E-state index in [0.717, 1.165) is 10.0 Å². The summed E-state index contributed by atoms with van der Waals surface area (Å²) in [5, 5.41) is 9.04. The molecule has 1 aromatic carbocycles. The fourth-order valence-electron chi connectivity index (χ4n) is 1.27. The van der Waals surface area contributed by atoms with Gasteiger partial charge in [0.1, 0.15) is 0 Å². The lowest BCUT2D eigenvalue weighted by Gasteiger charge is -2.11. The maximum Gasteiger partial charge on any atom is 0.337 e. The normalized spacial score (nSPS) is 10.6. The topological polar surface area (TPSA) is 37.3 Å². The number of carboxylic acid groups (broad SMARTS) is 1. The van der Waals surface area contributed by atoms with Crippen molar-refractivity contribution in [2.75, 3.05) is 0 Å². The Balaban J connectivity index is 3.44. The zero-order chi connectivity index (χ0) is 10.9. The van der Waals surface area contributed by atoms with Crippen molar-refractivity contribution >= 4 is 37.8 Å². The Morgan fingerprint density at radius 1 is 1.36 bits per heavy atom. The molecule has 0 atom stereocenters. The summed E-state index contributed by atoms with van der Waals surface area (Å²) in [6, 6.07) is 3.59. The van der Waals surface area contributed by atoms with Crippen LogP contribution in [0, 0.1) is 0 Å². The molecule has 0 heterocycles. The number of carboxylic acids is 1. The van der Waals surface area contributed by atoms with Gasteiger partial charge in [0.25, 0.3) is 0 Å². The van der Waals surface area contributed by atoms with E-state index in [4.69, 9.17) is 5.11 Å². The van der Waals surface area contributed by atoms with E-state index in [-0.39, 0.29) is 5.92 Å². The van der Waals surface area contributed by atoms with E-state index in [2.05, 4.69) is 31.9 Å². The van der Waals surface area contributed by atoms with Gasteiger partial charge in [-0.2, -0.15) is 0 Å². The smallest absolute Gasteiger partial charge is 0.337 e. The fourth-order valence-corrected chi connectivity index (χ4v) is 2.70. The van der Waals surface area contributed by atoms with E-state index < -0.39 is 5.97 Å². The van der Waals surface area contributed by atoms with Gasteiger partial charge >= 0.3 is 5.97 Å². The number of aromatic carboxylic acids is 1. The molecule has 1 N–H and O–H groups in total. The van der Waals surface area contributed by atoms with Crippen LogP contribution in [0.1, 0.15) is 35.7 Å². The fraction of sp³-hybridized carbons (Fsp3) is 0.300. The van der Waals surface area contributed by atoms with Crippen molar-refractivity contribution in [1.29, 1.82) is 0 Å². The predicted molar refractivity (Wildman–Crippen MR) is 62.9 cm³/mol. The minimum atomic E-state index is -0.895. The first-order chi connectivity index (χ1) is 6.43. The van der Waals surface area contributed by atoms with Gasteiger partial charge in [-0.05, 0) is 39.5 Å². The Morgan fingerprint density at radius 3 is 2.36 bits per heavy atom. The van der Waals surface area contributed by atoms with Crippen LogP contribution >= 0.6 is 31.9 Å². The average molecular weight is 322 g/mol. The lowest BCUT2D eigenvalue weighted by Crippen LogP contribution is -2.05. The molecule has 0 aliphatic carbocycles. The van der Waals surface area contributed by atoms with Crippen molar-refractivity contribution in [3.63, 3.8) is 0 Å². The maximum atomic E-state index is 11.0. The molecule has 0 aliphatic rings. The molecule has 0 fully saturated rings. The van der Waals surface area contributed by atoms with E-state index in [1.807, 2.05) is 19.9 Å². The highest BCUT2D eigenvalue weighted by atomic mass is 79.9. The van der Waals surface area contributed by atoms with E-state index in [0.29, 0.717) is 10.0 Å². The average Bonchev–Trinajstić information content (AvgIpc) is 2.01. The van der Waals surface area contributed by atoms with Crippen molar-refractivity contribution in [3.8, 4) is 0 Å². The second-order valence-corrected chi connectivity index (χ2v) is 5.08. The van der Waals surface area contributed by atoms with Crippen LogP contribution in [0.4, 0.5) is 0 Å². The summed E-state index contributed by atoms with van der Waals surface area (Å²) in [7, 11) is 0. The van der Waals surface area contributed by atoms with E-state index >= 15 is 0 Å². The van der Waals surface area contributed by atoms with Gasteiger partial charge in [0.15, 0.2) is 0 Å². The third kappa shape index (κ3) is 2.36. The summed E-state index contributed by atoms with van der Waals surface area (Å²) in [6.45, 7) is 3.95. The Kier molecular flexibility index (Phi) is 3.72. The molecular formula is C10H10Br2O2. The highest BCUT2D eigenvalue weighted by molar-refractivity contribution is 9.11. The number of halogens is 2. The first-order valence-electron chi connectivity index (χ1n) is 4.15. The third-order valence-corrected chi connectivity index (χ3v) is 3.00. The van der Waals surface area contributed by atoms with Crippen LogP contribution in [0.3, 0.4) is 0 Å². The second-order valence-electron chi connectivity index (χ2n) is 3.31. The Hall–Kier alpha value is -0.350. The Morgan fingerprint density at radius 2 is 1.93 bits per heavy atom. The van der Waals surface area contributed by atoms with Gasteiger partial charge in [0.2, 0.25) is 0 Å². The summed E-state index contributed by atoms with van der Waals surface area (Å²) in [5.74, 6) is -0.706. The zero-order valence-corrected chi connectivity index (χ0v) is 11.0. The van der Waals surface area contributed by atoms with E-state index in [1.165, 1.54) is 0 Å². The van der Waals surface area contributed by atoms with Gasteiger partial charge in [0, 0.05) is 8.95 Å². The van der Waals surface area contributed by atoms with Crippen molar-refractivity contribution in [3.05, 3.63) is 32.2 Å². The highest BCUT2D eigenvalue weighted by Gasteiger charge is 2.17. The Bertz CT molecular complexity index is 373. The molecule has 1 aromatic rings. The van der Waals surface area contributed by atoms with Gasteiger partial charge in [0.05, 0.1) is 5.56 Å². The number of hydrogen-bond donors (Lipinski definition) is 1. The molecule has 14 heavy (non-hydrogen) atoms. The minimum absolute atomic E-state index is 0.190. The third-order valence-electron chi connectivity index (χ3n) is 1.92. The molecule has 0 saturated carbocycles. The lowest BCUT2D eigenvalue weighted by atomic mass is 9.97. The number of benzene rings is 1. The molecule has 0 bridgehead atoms. The molecule has 76 valence electrons. The summed E-state index contributed by atoms with van der Waals surface area (Å²) < 4.78 is 1.50. The van der Waals surface area contributed by atoms with Crippen LogP contribution in [-0.2, 0) is 0 Å². The number of hydrogen-bond acceptors (Lipinski definition) is 1. The van der Waals surface area contributed by atoms with Crippen molar-refractivity contribution in [2.45, 2.75) is 19.8 Å². The number of carbonyl (C=O) groups is 1. The van der Waals surface area contributed by atoms with Gasteiger partial charge in [-0.15, -0.1) is 0 Å². The molecule has 0 unspecified atom stereocenters. The molecular weight excluding hydrogens is 312 g/mol. The molecule has 0 aromatic heterocycles. The van der Waals surface area contributed by atoms with Crippen molar-refractivity contribution in [2.24, 2.45) is 0 Å². The molecule has 0 radical (unpaired) electrons. The predicted octanol–water partition coefficient (Wildman–Crippen LogP) is 4.03. The summed E-state index contributed by atoms with van der Waals surface area (Å²) >= 11 is 6.60. The molecule has 0 aliphatic heterocycles. The largest absolute Gasteiger partial charge is 0.478 e. The standard InChI is InChI=1S/C10H10Br2O2/c1-5(2)7-3-6(11)4-8(12)9(7)10(13)14/h3-5H,1-2H3,(H,13,14). The molecule has 0 spiro atoms. The van der Waals surface area contributed by atoms with Gasteiger partial charge < -0.3 is 5.11 Å². The second kappa shape index (κ2) is 4.45. The van der Waals surface area contributed by atoms with E-state index in [9.17, 15) is 4.79 Å². The van der Waals surface area contributed by atoms with Crippen LogP contribution < -0.4 is 0 Å². The SMILES string of the molecule is CC(C)c1cc(Br)cc(Br)c1C(=O)O. The number of rotatable bonds is 2. The van der Waals surface area contributed by atoms with E-state index in [1.54, 1.807) is 6.07 Å². The molecule has 0 amide bonds. The van der Waals surface area contributed by atoms with Crippen LogP contribution in [0.5, 0.6) is 0 Å². The molecule has 2 nitrogen and oxygen atoms in total. The monoisotopic (exact) mass is 320 g/mol. The summed E-state index contributed by atoms with van der Waals surface area (Å²) in [6.07, 6.45) is 0. The van der Waals surface area contributed by atoms with Gasteiger partial charge in [-0.3, -0.25) is 0 Å². The van der Waals surface area contributed by atoms with Crippen LogP contribution in [0.15, 0.2) is 21.1 Å². The van der Waals surface area contributed by atoms with Crippen LogP contribution in [0.2, 0.25) is 0 Å². The van der Waals surface area contributed by atoms with Crippen molar-refractivity contribution < 1.29 is 9.90 Å². The lowest BCUT2D eigenvalue weighted by molar-refractivity contribution is 0.0694. The van der Waals surface area contributed by atoms with Crippen LogP contribution in [-0.4, -0.2) is 11.1 Å². The molecule has 1 rings (SSSR count). The minimum Gasteiger partial charge on any atom is -0.478 e. The summed E-state index contributed by atoms with van der Waals surface area (Å²) in [4.78, 5) is 11.0. The quantitative estimate of drug-likeness (QED) is 0.892.